The Hall–Kier alpha value is -2.49. The van der Waals surface area contributed by atoms with Crippen LogP contribution in [0.3, 0.4) is 0 Å². The Morgan fingerprint density at radius 2 is 2.08 bits per heavy atom. The number of anilines is 2. The van der Waals surface area contributed by atoms with Gasteiger partial charge in [0.25, 0.3) is 10.0 Å². The number of nitrogens with zero attached hydrogens (tertiary/aromatic N) is 2. The van der Waals surface area contributed by atoms with E-state index in [0.29, 0.717) is 24.3 Å². The van der Waals surface area contributed by atoms with Crippen LogP contribution in [0.5, 0.6) is 0 Å². The fraction of sp³-hybridized carbons (Fsp3) is 0.400. The number of aryl methyl sites for hydroxylation is 1. The zero-order valence-electron chi connectivity index (χ0n) is 13.7. The van der Waals surface area contributed by atoms with Gasteiger partial charge in [-0.1, -0.05) is 18.9 Å². The summed E-state index contributed by atoms with van der Waals surface area (Å²) >= 11 is 0. The average Bonchev–Trinajstić information content (AvgIpc) is 2.91. The molecule has 0 fully saturated rings. The second-order valence-electron chi connectivity index (χ2n) is 6.19. The maximum absolute atomic E-state index is 14.2. The van der Waals surface area contributed by atoms with Crippen molar-refractivity contribution in [2.45, 2.75) is 38.0 Å². The lowest BCUT2D eigenvalue weighted by molar-refractivity contribution is -0.116. The highest BCUT2D eigenvalue weighted by Crippen LogP contribution is 2.29. The van der Waals surface area contributed by atoms with Crippen molar-refractivity contribution in [2.75, 3.05) is 10.0 Å². The van der Waals surface area contributed by atoms with Crippen LogP contribution in [0.25, 0.3) is 0 Å². The van der Waals surface area contributed by atoms with E-state index in [0.717, 1.165) is 6.07 Å². The first kappa shape index (κ1) is 17.3. The molecule has 0 unspecified atom stereocenters. The van der Waals surface area contributed by atoms with Crippen LogP contribution in [0.2, 0.25) is 0 Å². The third kappa shape index (κ3) is 3.78. The van der Waals surface area contributed by atoms with E-state index in [4.69, 9.17) is 4.42 Å². The molecule has 10 heteroatoms. The van der Waals surface area contributed by atoms with Gasteiger partial charge in [-0.05, 0) is 30.0 Å². The molecule has 1 amide bonds. The molecule has 0 radical (unpaired) electrons. The molecule has 134 valence electrons. The number of hydrogen-bond acceptors (Lipinski definition) is 6. The summed E-state index contributed by atoms with van der Waals surface area (Å²) in [6, 6.07) is 1.89. The monoisotopic (exact) mass is 368 g/mol. The summed E-state index contributed by atoms with van der Waals surface area (Å²) in [6.45, 7) is 3.91. The number of carbonyl (C=O) groups is 1. The van der Waals surface area contributed by atoms with Gasteiger partial charge in [-0.3, -0.25) is 4.79 Å². The normalized spacial score (nSPS) is 14.3. The Labute approximate surface area is 143 Å². The van der Waals surface area contributed by atoms with E-state index < -0.39 is 20.7 Å². The van der Waals surface area contributed by atoms with Gasteiger partial charge in [0.05, 0.1) is 0 Å². The molecule has 0 bridgehead atoms. The molecule has 25 heavy (non-hydrogen) atoms. The molecule has 0 spiro atoms. The topological polar surface area (TPSA) is 114 Å². The summed E-state index contributed by atoms with van der Waals surface area (Å²) in [4.78, 5) is 10.8. The minimum Gasteiger partial charge on any atom is -0.407 e. The Kier molecular flexibility index (Phi) is 4.46. The van der Waals surface area contributed by atoms with Crippen molar-refractivity contribution in [1.82, 2.24) is 10.2 Å². The van der Waals surface area contributed by atoms with Crippen LogP contribution >= 0.6 is 0 Å². The Balaban J connectivity index is 1.87. The van der Waals surface area contributed by atoms with Crippen LogP contribution in [-0.2, 0) is 27.7 Å². The smallest absolute Gasteiger partial charge is 0.329 e. The van der Waals surface area contributed by atoms with E-state index in [1.54, 1.807) is 0 Å². The van der Waals surface area contributed by atoms with Crippen LogP contribution in [0.15, 0.2) is 21.4 Å². The molecule has 3 rings (SSSR count). The maximum Gasteiger partial charge on any atom is 0.329 e. The van der Waals surface area contributed by atoms with Gasteiger partial charge < -0.3 is 9.73 Å². The molecule has 2 aromatic rings. The predicted molar refractivity (Wildman–Crippen MR) is 87.0 cm³/mol. The Bertz CT molecular complexity index is 924. The van der Waals surface area contributed by atoms with Crippen LogP contribution < -0.4 is 10.0 Å². The standard InChI is InChI=1S/C15H17FN4O4S/c1-8(2)5-14-18-19-15(24-14)20-25(22,23)12-6-9-3-4-13(21)17-11(9)7-10(12)16/h6-8H,3-5H2,1-2H3,(H,17,21)(H,19,20). The zero-order valence-corrected chi connectivity index (χ0v) is 14.5. The molecule has 0 aliphatic carbocycles. The fourth-order valence-corrected chi connectivity index (χ4v) is 3.52. The van der Waals surface area contributed by atoms with Gasteiger partial charge in [0, 0.05) is 18.5 Å². The number of sulfonamides is 1. The van der Waals surface area contributed by atoms with Gasteiger partial charge in [-0.25, -0.2) is 17.5 Å². The van der Waals surface area contributed by atoms with Crippen LogP contribution in [-0.4, -0.2) is 24.5 Å². The van der Waals surface area contributed by atoms with Crippen molar-refractivity contribution in [2.24, 2.45) is 5.92 Å². The number of amides is 1. The largest absolute Gasteiger partial charge is 0.407 e. The molecular weight excluding hydrogens is 351 g/mol. The Morgan fingerprint density at radius 1 is 1.32 bits per heavy atom. The number of fused-ring (bicyclic) bond motifs is 1. The summed E-state index contributed by atoms with van der Waals surface area (Å²) in [5, 5.41) is 9.89. The summed E-state index contributed by atoms with van der Waals surface area (Å²) in [6.07, 6.45) is 1.05. The quantitative estimate of drug-likeness (QED) is 0.835. The molecule has 0 atom stereocenters. The van der Waals surface area contributed by atoms with Crippen molar-refractivity contribution < 1.29 is 22.0 Å². The van der Waals surface area contributed by atoms with E-state index in [-0.39, 0.29) is 29.9 Å². The third-order valence-corrected chi connectivity index (χ3v) is 4.95. The molecule has 1 aromatic heterocycles. The Morgan fingerprint density at radius 3 is 2.80 bits per heavy atom. The predicted octanol–water partition coefficient (Wildman–Crippen LogP) is 2.09. The SMILES string of the molecule is CC(C)Cc1nnc(NS(=O)(=O)c2cc3c(cc2F)NC(=O)CC3)o1. The number of carbonyl (C=O) groups excluding carboxylic acids is 1. The minimum atomic E-state index is -4.24. The second kappa shape index (κ2) is 6.43. The van der Waals surface area contributed by atoms with Gasteiger partial charge in [0.2, 0.25) is 11.8 Å². The highest BCUT2D eigenvalue weighted by molar-refractivity contribution is 7.92. The molecule has 2 N–H and O–H groups in total. The summed E-state index contributed by atoms with van der Waals surface area (Å²) in [5.74, 6) is -0.654. The van der Waals surface area contributed by atoms with E-state index >= 15 is 0 Å². The lowest BCUT2D eigenvalue weighted by atomic mass is 10.0. The lowest BCUT2D eigenvalue weighted by Crippen LogP contribution is -2.21. The van der Waals surface area contributed by atoms with Crippen LogP contribution in [0.1, 0.15) is 31.7 Å². The highest BCUT2D eigenvalue weighted by atomic mass is 32.2. The number of rotatable bonds is 5. The van der Waals surface area contributed by atoms with Gasteiger partial charge in [-0.15, -0.1) is 5.10 Å². The number of aromatic nitrogens is 2. The molecule has 0 saturated carbocycles. The zero-order chi connectivity index (χ0) is 18.2. The first-order valence-corrected chi connectivity index (χ1v) is 9.20. The van der Waals surface area contributed by atoms with Crippen molar-refractivity contribution in [3.63, 3.8) is 0 Å². The minimum absolute atomic E-state index is 0.216. The average molecular weight is 368 g/mol. The molecule has 1 aliphatic heterocycles. The second-order valence-corrected chi connectivity index (χ2v) is 7.84. The highest BCUT2D eigenvalue weighted by Gasteiger charge is 2.26. The fourth-order valence-electron chi connectivity index (χ4n) is 2.48. The molecule has 8 nitrogen and oxygen atoms in total. The van der Waals surface area contributed by atoms with Gasteiger partial charge in [0.15, 0.2) is 0 Å². The van der Waals surface area contributed by atoms with Crippen molar-refractivity contribution >= 4 is 27.6 Å². The van der Waals surface area contributed by atoms with Crippen molar-refractivity contribution in [3.05, 3.63) is 29.4 Å². The maximum atomic E-state index is 14.2. The van der Waals surface area contributed by atoms with E-state index in [9.17, 15) is 17.6 Å². The first-order chi connectivity index (χ1) is 11.7. The van der Waals surface area contributed by atoms with Crippen molar-refractivity contribution in [1.29, 1.82) is 0 Å². The van der Waals surface area contributed by atoms with Gasteiger partial charge in [0.1, 0.15) is 10.7 Å². The third-order valence-electron chi connectivity index (χ3n) is 3.61. The molecular formula is C15H17FN4O4S. The molecule has 1 aliphatic rings. The van der Waals surface area contributed by atoms with Gasteiger partial charge in [-0.2, -0.15) is 0 Å². The van der Waals surface area contributed by atoms with Crippen LogP contribution in [0, 0.1) is 11.7 Å². The molecule has 1 aromatic carbocycles. The number of halogens is 1. The van der Waals surface area contributed by atoms with Crippen molar-refractivity contribution in [3.8, 4) is 0 Å². The lowest BCUT2D eigenvalue weighted by Gasteiger charge is -2.18. The summed E-state index contributed by atoms with van der Waals surface area (Å²) in [5.41, 5.74) is 0.831. The number of benzene rings is 1. The van der Waals surface area contributed by atoms with E-state index in [2.05, 4.69) is 20.2 Å². The van der Waals surface area contributed by atoms with E-state index in [1.807, 2.05) is 13.8 Å². The molecule has 0 saturated heterocycles. The van der Waals surface area contributed by atoms with E-state index in [1.165, 1.54) is 6.07 Å². The number of nitrogens with one attached hydrogen (secondary N) is 2. The van der Waals surface area contributed by atoms with Gasteiger partial charge >= 0.3 is 6.01 Å². The van der Waals surface area contributed by atoms with Crippen LogP contribution in [0.4, 0.5) is 16.1 Å². The summed E-state index contributed by atoms with van der Waals surface area (Å²) < 4.78 is 46.4. The summed E-state index contributed by atoms with van der Waals surface area (Å²) in [7, 11) is -4.24. The molecule has 2 heterocycles. The number of hydrogen-bond donors (Lipinski definition) is 2. The first-order valence-electron chi connectivity index (χ1n) is 7.72.